The second-order valence-corrected chi connectivity index (χ2v) is 5.68. The first-order valence-corrected chi connectivity index (χ1v) is 8.31. The lowest BCUT2D eigenvalue weighted by atomic mass is 10.1. The van der Waals surface area contributed by atoms with E-state index in [1.54, 1.807) is 19.2 Å². The van der Waals surface area contributed by atoms with Gasteiger partial charge in [0.2, 0.25) is 0 Å². The molecule has 0 saturated carbocycles. The third-order valence-corrected chi connectivity index (χ3v) is 3.93. The number of hydrogen-bond donors (Lipinski definition) is 1. The van der Waals surface area contributed by atoms with Crippen LogP contribution in [0.2, 0.25) is 0 Å². The zero-order valence-electron chi connectivity index (χ0n) is 15.8. The minimum Gasteiger partial charge on any atom is -0.496 e. The van der Waals surface area contributed by atoms with E-state index in [1.807, 2.05) is 31.2 Å². The molecule has 0 bridgehead atoms. The van der Waals surface area contributed by atoms with E-state index in [-0.39, 0.29) is 18.6 Å². The summed E-state index contributed by atoms with van der Waals surface area (Å²) in [5.41, 5.74) is 1.20. The van der Waals surface area contributed by atoms with Crippen molar-refractivity contribution in [1.82, 2.24) is 5.32 Å². The maximum atomic E-state index is 12.2. The maximum Gasteiger partial charge on any atom is 0.337 e. The van der Waals surface area contributed by atoms with Crippen molar-refractivity contribution in [1.29, 1.82) is 0 Å². The van der Waals surface area contributed by atoms with Crippen LogP contribution in [0.15, 0.2) is 42.5 Å². The maximum absolute atomic E-state index is 12.2. The van der Waals surface area contributed by atoms with Crippen molar-refractivity contribution >= 4 is 11.9 Å². The van der Waals surface area contributed by atoms with Gasteiger partial charge in [-0.25, -0.2) is 4.79 Å². The molecule has 27 heavy (non-hydrogen) atoms. The SMILES string of the molecule is COC(=O)c1ccc(OCC(=O)N[C@H](C)c2ccccc2OC)c(OC)c1. The number of ether oxygens (including phenoxy) is 4. The number of nitrogens with one attached hydrogen (secondary N) is 1. The van der Waals surface area contributed by atoms with E-state index in [2.05, 4.69) is 10.1 Å². The molecule has 1 amide bonds. The minimum absolute atomic E-state index is 0.201. The van der Waals surface area contributed by atoms with Crippen LogP contribution in [0.4, 0.5) is 0 Å². The molecule has 2 aromatic rings. The normalized spacial score (nSPS) is 11.3. The number of carbonyl (C=O) groups is 2. The second kappa shape index (κ2) is 9.47. The first kappa shape index (κ1) is 20.1. The minimum atomic E-state index is -0.483. The predicted molar refractivity (Wildman–Crippen MR) is 99.4 cm³/mol. The molecule has 0 aliphatic heterocycles. The van der Waals surface area contributed by atoms with E-state index in [4.69, 9.17) is 14.2 Å². The van der Waals surface area contributed by atoms with Crippen molar-refractivity contribution in [2.45, 2.75) is 13.0 Å². The van der Waals surface area contributed by atoms with Gasteiger partial charge in [0.1, 0.15) is 5.75 Å². The van der Waals surface area contributed by atoms with Crippen molar-refractivity contribution in [2.75, 3.05) is 27.9 Å². The second-order valence-electron chi connectivity index (χ2n) is 5.68. The van der Waals surface area contributed by atoms with Gasteiger partial charge < -0.3 is 24.3 Å². The van der Waals surface area contributed by atoms with Gasteiger partial charge in [0.05, 0.1) is 32.9 Å². The fourth-order valence-electron chi connectivity index (χ4n) is 2.56. The lowest BCUT2D eigenvalue weighted by molar-refractivity contribution is -0.123. The Labute approximate surface area is 158 Å². The summed E-state index contributed by atoms with van der Waals surface area (Å²) >= 11 is 0. The summed E-state index contributed by atoms with van der Waals surface area (Å²) < 4.78 is 20.7. The molecule has 1 atom stereocenters. The standard InChI is InChI=1S/C20H23NO6/c1-13(15-7-5-6-8-16(15)24-2)21-19(22)12-27-17-10-9-14(20(23)26-4)11-18(17)25-3/h5-11,13H,12H2,1-4H3,(H,21,22)/t13-/m1/s1. The highest BCUT2D eigenvalue weighted by molar-refractivity contribution is 5.90. The van der Waals surface area contributed by atoms with Gasteiger partial charge in [0.15, 0.2) is 18.1 Å². The van der Waals surface area contributed by atoms with Crippen LogP contribution in [0.3, 0.4) is 0 Å². The van der Waals surface area contributed by atoms with Crippen LogP contribution in [0.1, 0.15) is 28.9 Å². The molecule has 2 rings (SSSR count). The number of methoxy groups -OCH3 is 3. The van der Waals surface area contributed by atoms with Crippen LogP contribution < -0.4 is 19.5 Å². The molecule has 1 N–H and O–H groups in total. The van der Waals surface area contributed by atoms with E-state index in [1.165, 1.54) is 20.3 Å². The number of esters is 1. The third kappa shape index (κ3) is 5.13. The van der Waals surface area contributed by atoms with Crippen LogP contribution >= 0.6 is 0 Å². The Morgan fingerprint density at radius 3 is 2.33 bits per heavy atom. The Bertz CT molecular complexity index is 805. The number of rotatable bonds is 8. The van der Waals surface area contributed by atoms with Gasteiger partial charge in [-0.2, -0.15) is 0 Å². The zero-order chi connectivity index (χ0) is 19.8. The largest absolute Gasteiger partial charge is 0.496 e. The Balaban J connectivity index is 2.00. The molecule has 2 aromatic carbocycles. The fraction of sp³-hybridized carbons (Fsp3) is 0.300. The van der Waals surface area contributed by atoms with Gasteiger partial charge in [-0.15, -0.1) is 0 Å². The Hall–Kier alpha value is -3.22. The average Bonchev–Trinajstić information content (AvgIpc) is 2.71. The molecule has 144 valence electrons. The van der Waals surface area contributed by atoms with E-state index < -0.39 is 5.97 Å². The van der Waals surface area contributed by atoms with Crippen molar-refractivity contribution in [3.63, 3.8) is 0 Å². The summed E-state index contributed by atoms with van der Waals surface area (Å²) in [6, 6.07) is 11.8. The molecule has 0 radical (unpaired) electrons. The van der Waals surface area contributed by atoms with E-state index >= 15 is 0 Å². The first-order chi connectivity index (χ1) is 13.0. The lowest BCUT2D eigenvalue weighted by Gasteiger charge is -2.18. The average molecular weight is 373 g/mol. The van der Waals surface area contributed by atoms with Crippen molar-refractivity contribution in [3.05, 3.63) is 53.6 Å². The fourth-order valence-corrected chi connectivity index (χ4v) is 2.56. The monoisotopic (exact) mass is 373 g/mol. The molecule has 0 saturated heterocycles. The quantitative estimate of drug-likeness (QED) is 0.717. The highest BCUT2D eigenvalue weighted by Crippen LogP contribution is 2.28. The molecule has 0 fully saturated rings. The highest BCUT2D eigenvalue weighted by atomic mass is 16.5. The van der Waals surface area contributed by atoms with Gasteiger partial charge in [-0.1, -0.05) is 18.2 Å². The summed E-state index contributed by atoms with van der Waals surface area (Å²) in [5.74, 6) is 0.607. The van der Waals surface area contributed by atoms with Gasteiger partial charge >= 0.3 is 5.97 Å². The molecular formula is C20H23NO6. The number of para-hydroxylation sites is 1. The molecule has 0 spiro atoms. The molecule has 0 aliphatic carbocycles. The molecule has 0 heterocycles. The summed E-state index contributed by atoms with van der Waals surface area (Å²) in [7, 11) is 4.33. The van der Waals surface area contributed by atoms with E-state index in [0.29, 0.717) is 22.8 Å². The van der Waals surface area contributed by atoms with Gasteiger partial charge in [-0.3, -0.25) is 4.79 Å². The summed E-state index contributed by atoms with van der Waals surface area (Å²) in [6.07, 6.45) is 0. The molecular weight excluding hydrogens is 350 g/mol. The van der Waals surface area contributed by atoms with Gasteiger partial charge in [0, 0.05) is 5.56 Å². The molecule has 7 heteroatoms. The number of carbonyl (C=O) groups excluding carboxylic acids is 2. The van der Waals surface area contributed by atoms with Crippen LogP contribution in [0.5, 0.6) is 17.2 Å². The lowest BCUT2D eigenvalue weighted by Crippen LogP contribution is -2.31. The smallest absolute Gasteiger partial charge is 0.337 e. The zero-order valence-corrected chi connectivity index (χ0v) is 15.8. The van der Waals surface area contributed by atoms with Gasteiger partial charge in [0.25, 0.3) is 5.91 Å². The topological polar surface area (TPSA) is 83.1 Å². The Kier molecular flexibility index (Phi) is 7.05. The number of hydrogen-bond acceptors (Lipinski definition) is 6. The van der Waals surface area contributed by atoms with Gasteiger partial charge in [-0.05, 0) is 31.2 Å². The number of benzene rings is 2. The Morgan fingerprint density at radius 2 is 1.67 bits per heavy atom. The first-order valence-electron chi connectivity index (χ1n) is 8.31. The van der Waals surface area contributed by atoms with Crippen molar-refractivity contribution in [2.24, 2.45) is 0 Å². The van der Waals surface area contributed by atoms with Crippen LogP contribution in [0, 0.1) is 0 Å². The van der Waals surface area contributed by atoms with E-state index in [9.17, 15) is 9.59 Å². The summed E-state index contributed by atoms with van der Waals surface area (Å²) in [5, 5.41) is 2.86. The molecule has 7 nitrogen and oxygen atoms in total. The third-order valence-electron chi connectivity index (χ3n) is 3.93. The van der Waals surface area contributed by atoms with Crippen molar-refractivity contribution in [3.8, 4) is 17.2 Å². The molecule has 0 aliphatic rings. The Morgan fingerprint density at radius 1 is 0.963 bits per heavy atom. The predicted octanol–water partition coefficient (Wildman–Crippen LogP) is 2.75. The highest BCUT2D eigenvalue weighted by Gasteiger charge is 2.16. The van der Waals surface area contributed by atoms with Crippen molar-refractivity contribution < 1.29 is 28.5 Å². The molecule has 0 aromatic heterocycles. The summed E-state index contributed by atoms with van der Waals surface area (Å²) in [4.78, 5) is 23.8. The molecule has 0 unspecified atom stereocenters. The summed E-state index contributed by atoms with van der Waals surface area (Å²) in [6.45, 7) is 1.66. The van der Waals surface area contributed by atoms with E-state index in [0.717, 1.165) is 5.56 Å². The van der Waals surface area contributed by atoms with Crippen LogP contribution in [-0.4, -0.2) is 39.8 Å². The number of amides is 1. The van der Waals surface area contributed by atoms with Crippen LogP contribution in [-0.2, 0) is 9.53 Å². The van der Waals surface area contributed by atoms with Crippen LogP contribution in [0.25, 0.3) is 0 Å².